The Kier molecular flexibility index (Phi) is 15.5. The number of ketones is 1. The van der Waals surface area contributed by atoms with Crippen LogP contribution in [0.25, 0.3) is 0 Å². The number of sulfone groups is 2. The largest absolute Gasteiger partial charge is 0.465 e. The van der Waals surface area contributed by atoms with Gasteiger partial charge < -0.3 is 20.3 Å². The number of carbonyl (C=O) groups is 4. The third-order valence-electron chi connectivity index (χ3n) is 10.2. The van der Waals surface area contributed by atoms with E-state index >= 15 is 0 Å². The number of Topliss-reactive ketones (excluding diaryl/α,β-unsaturated/α-hetero) is 1. The molecule has 4 amide bonds. The second-order valence-corrected chi connectivity index (χ2v) is 19.2. The molecule has 2 aliphatic heterocycles. The van der Waals surface area contributed by atoms with Crippen LogP contribution in [0.1, 0.15) is 43.0 Å². The van der Waals surface area contributed by atoms with Gasteiger partial charge >= 0.3 is 30.4 Å². The van der Waals surface area contributed by atoms with Crippen LogP contribution in [0, 0.1) is 0 Å². The lowest BCUT2D eigenvalue weighted by Crippen LogP contribution is -2.50. The minimum Gasteiger partial charge on any atom is -0.465 e. The van der Waals surface area contributed by atoms with E-state index in [0.717, 1.165) is 21.9 Å². The second-order valence-electron chi connectivity index (χ2n) is 14.6. The molecule has 0 radical (unpaired) electrons. The summed E-state index contributed by atoms with van der Waals surface area (Å²) < 4.78 is 133. The molecule has 0 aromatic heterocycles. The van der Waals surface area contributed by atoms with Crippen molar-refractivity contribution in [2.75, 3.05) is 72.6 Å². The van der Waals surface area contributed by atoms with Crippen LogP contribution < -0.4 is 15.5 Å². The van der Waals surface area contributed by atoms with Gasteiger partial charge in [0.15, 0.2) is 25.5 Å². The summed E-state index contributed by atoms with van der Waals surface area (Å²) in [5, 5.41) is 0. The number of para-hydroxylation sites is 2. The lowest BCUT2D eigenvalue weighted by atomic mass is 10.1. The normalized spacial score (nSPS) is 15.9. The van der Waals surface area contributed by atoms with Gasteiger partial charge in [-0.15, -0.1) is 0 Å². The van der Waals surface area contributed by atoms with E-state index in [1.807, 2.05) is 0 Å². The highest BCUT2D eigenvalue weighted by molar-refractivity contribution is 7.91. The maximum absolute atomic E-state index is 13.7. The van der Waals surface area contributed by atoms with Crippen molar-refractivity contribution in [3.8, 4) is 0 Å². The Balaban J connectivity index is 0.000000241. The first kappa shape index (κ1) is 49.0. The number of benzene rings is 4. The molecule has 4 aromatic rings. The van der Waals surface area contributed by atoms with Crippen molar-refractivity contribution in [2.24, 2.45) is 5.73 Å². The summed E-state index contributed by atoms with van der Waals surface area (Å²) in [5.41, 5.74) is 4.29. The number of nitrogens with zero attached hydrogens (tertiary/aromatic N) is 4. The van der Waals surface area contributed by atoms with E-state index in [9.17, 15) is 62.4 Å². The Morgan fingerprint density at radius 1 is 0.578 bits per heavy atom. The molecule has 2 saturated heterocycles. The Labute approximate surface area is 365 Å². The summed E-state index contributed by atoms with van der Waals surface area (Å²) in [5.74, 6) is -1.85. The zero-order valence-electron chi connectivity index (χ0n) is 34.1. The summed E-state index contributed by atoms with van der Waals surface area (Å²) in [4.78, 5) is 54.2. The van der Waals surface area contributed by atoms with Crippen LogP contribution in [-0.2, 0) is 49.9 Å². The molecule has 2 fully saturated rings. The van der Waals surface area contributed by atoms with Gasteiger partial charge in [0.2, 0.25) is 0 Å². The van der Waals surface area contributed by atoms with Gasteiger partial charge in [-0.3, -0.25) is 14.6 Å². The number of hydrogen-bond acceptors (Lipinski definition) is 10. The van der Waals surface area contributed by atoms with Crippen LogP contribution in [0.5, 0.6) is 0 Å². The van der Waals surface area contributed by atoms with Crippen molar-refractivity contribution >= 4 is 54.9 Å². The van der Waals surface area contributed by atoms with E-state index < -0.39 is 61.2 Å². The fourth-order valence-electron chi connectivity index (χ4n) is 6.70. The highest BCUT2D eigenvalue weighted by Crippen LogP contribution is 2.39. The van der Waals surface area contributed by atoms with Gasteiger partial charge in [0.05, 0.1) is 77.8 Å². The fourth-order valence-corrected chi connectivity index (χ4v) is 9.10. The first-order valence-corrected chi connectivity index (χ1v) is 23.0. The number of carbonyl (C=O) groups excluding carboxylic acids is 4. The third kappa shape index (κ3) is 12.6. The molecule has 0 atom stereocenters. The Morgan fingerprint density at radius 3 is 1.25 bits per heavy atom. The Morgan fingerprint density at radius 2 is 0.922 bits per heavy atom. The van der Waals surface area contributed by atoms with Crippen LogP contribution in [-0.4, -0.2) is 113 Å². The molecule has 64 heavy (non-hydrogen) atoms. The van der Waals surface area contributed by atoms with Crippen LogP contribution >= 0.6 is 0 Å². The highest BCUT2D eigenvalue weighted by atomic mass is 32.2. The van der Waals surface area contributed by atoms with E-state index in [1.165, 1.54) is 89.7 Å². The van der Waals surface area contributed by atoms with E-state index in [0.29, 0.717) is 16.7 Å². The van der Waals surface area contributed by atoms with Gasteiger partial charge in [-0.2, -0.15) is 26.3 Å². The zero-order chi connectivity index (χ0) is 47.0. The Hall–Kier alpha value is -6.00. The summed E-state index contributed by atoms with van der Waals surface area (Å²) in [6, 6.07) is 20.0. The minimum atomic E-state index is -4.70. The SMILES string of the molecule is COC(=O)c1ccc(CN(C(=O)N2CCS(=O)(=O)CC2)c2ccccc2C(F)(F)F)cc1.NCC(=O)c1ccc(CN(C(=O)N2CCS(=O)(=O)CC2)c2ccccc2C(F)(F)F)cc1. The van der Waals surface area contributed by atoms with Gasteiger partial charge in [0.1, 0.15) is 0 Å². The maximum atomic E-state index is 13.7. The van der Waals surface area contributed by atoms with Crippen molar-refractivity contribution in [3.05, 3.63) is 130 Å². The lowest BCUT2D eigenvalue weighted by molar-refractivity contribution is -0.137. The van der Waals surface area contributed by atoms with E-state index in [4.69, 9.17) is 5.73 Å². The second kappa shape index (κ2) is 20.2. The zero-order valence-corrected chi connectivity index (χ0v) is 35.8. The standard InChI is InChI=1S/C21H22F3N3O4S.C21H21F3N2O5S/c22-21(23,24)17-3-1-2-4-18(17)27(20(29)26-9-11-32(30,31)12-10-26)14-15-5-7-16(8-6-15)19(28)13-25;1-31-19(27)16-8-6-15(7-9-16)14-26(18-5-3-2-4-17(18)21(22,23)24)20(28)25-10-12-32(29,30)13-11-25/h1-8H,9-14,25H2;2-9H,10-14H2,1H3. The summed E-state index contributed by atoms with van der Waals surface area (Å²) in [6.45, 7) is -1.00. The number of urea groups is 2. The molecule has 2 N–H and O–H groups in total. The number of anilines is 2. The minimum absolute atomic E-state index is 0.101. The van der Waals surface area contributed by atoms with E-state index in [1.54, 1.807) is 12.1 Å². The number of nitrogens with two attached hydrogens (primary N) is 1. The monoisotopic (exact) mass is 939 g/mol. The van der Waals surface area contributed by atoms with E-state index in [2.05, 4.69) is 4.74 Å². The smallest absolute Gasteiger partial charge is 0.418 e. The van der Waals surface area contributed by atoms with Crippen molar-refractivity contribution in [1.82, 2.24) is 9.80 Å². The number of amides is 4. The van der Waals surface area contributed by atoms with Crippen LogP contribution in [0.4, 0.5) is 47.3 Å². The van der Waals surface area contributed by atoms with Crippen LogP contribution in [0.3, 0.4) is 0 Å². The molecule has 0 unspecified atom stereocenters. The summed E-state index contributed by atoms with van der Waals surface area (Å²) >= 11 is 0. The van der Waals surface area contributed by atoms with Gasteiger partial charge in [0, 0.05) is 31.7 Å². The number of esters is 1. The van der Waals surface area contributed by atoms with Gasteiger partial charge in [-0.25, -0.2) is 31.2 Å². The fraction of sp³-hybridized carbons (Fsp3) is 0.333. The number of alkyl halides is 6. The van der Waals surface area contributed by atoms with Crippen molar-refractivity contribution in [1.29, 1.82) is 0 Å². The molecule has 2 aliphatic rings. The van der Waals surface area contributed by atoms with Gasteiger partial charge in [-0.1, -0.05) is 60.7 Å². The van der Waals surface area contributed by atoms with Crippen molar-refractivity contribution in [2.45, 2.75) is 25.4 Å². The lowest BCUT2D eigenvalue weighted by Gasteiger charge is -2.34. The molecular weight excluding hydrogens is 897 g/mol. The number of rotatable bonds is 9. The predicted molar refractivity (Wildman–Crippen MR) is 224 cm³/mol. The van der Waals surface area contributed by atoms with E-state index in [-0.39, 0.29) is 91.5 Å². The molecule has 22 heteroatoms. The molecule has 0 saturated carbocycles. The molecular formula is C42H43F6N5O9S2. The third-order valence-corrected chi connectivity index (χ3v) is 13.4. The molecule has 2 heterocycles. The van der Waals surface area contributed by atoms with Gasteiger partial charge in [0.25, 0.3) is 0 Å². The molecule has 0 spiro atoms. The average molecular weight is 940 g/mol. The first-order chi connectivity index (χ1) is 30.0. The number of hydrogen-bond donors (Lipinski definition) is 1. The Bertz CT molecular complexity index is 2350. The average Bonchev–Trinajstić information content (AvgIpc) is 3.26. The quantitative estimate of drug-likeness (QED) is 0.118. The topological polar surface area (TPSA) is 185 Å². The predicted octanol–water partition coefficient (Wildman–Crippen LogP) is 6.05. The molecule has 0 aliphatic carbocycles. The van der Waals surface area contributed by atoms with Gasteiger partial charge in [-0.05, 0) is 47.5 Å². The first-order valence-electron chi connectivity index (χ1n) is 19.4. The molecule has 0 bridgehead atoms. The molecule has 14 nitrogen and oxygen atoms in total. The summed E-state index contributed by atoms with van der Waals surface area (Å²) in [7, 11) is -5.34. The maximum Gasteiger partial charge on any atom is 0.418 e. The van der Waals surface area contributed by atoms with Crippen molar-refractivity contribution < 1.29 is 67.1 Å². The summed E-state index contributed by atoms with van der Waals surface area (Å²) in [6.07, 6.45) is -9.40. The molecule has 6 rings (SSSR count). The van der Waals surface area contributed by atoms with Crippen LogP contribution in [0.15, 0.2) is 97.1 Å². The number of methoxy groups -OCH3 is 1. The van der Waals surface area contributed by atoms with Crippen molar-refractivity contribution in [3.63, 3.8) is 0 Å². The van der Waals surface area contributed by atoms with Crippen LogP contribution in [0.2, 0.25) is 0 Å². The molecule has 4 aromatic carbocycles. The highest BCUT2D eigenvalue weighted by Gasteiger charge is 2.39. The molecule has 344 valence electrons. The number of halogens is 6. The number of ether oxygens (including phenoxy) is 1.